The van der Waals surface area contributed by atoms with Crippen molar-refractivity contribution in [1.29, 1.82) is 0 Å². The molecule has 3 aliphatic rings. The Morgan fingerprint density at radius 1 is 0.844 bits per heavy atom. The summed E-state index contributed by atoms with van der Waals surface area (Å²) in [6, 6.07) is 18.6. The number of fused-ring (bicyclic) bond motifs is 2. The molecular formula is C27H30N2O3. The summed E-state index contributed by atoms with van der Waals surface area (Å²) >= 11 is 0. The molecule has 0 N–H and O–H groups in total. The molecule has 5 rings (SSSR count). The number of amides is 2. The van der Waals surface area contributed by atoms with Crippen LogP contribution < -0.4 is 0 Å². The molecule has 3 heterocycles. The molecule has 2 aromatic carbocycles. The number of benzene rings is 2. The minimum absolute atomic E-state index is 0.0592. The maximum atomic E-state index is 14.0. The summed E-state index contributed by atoms with van der Waals surface area (Å²) < 4.78 is 6.30. The molecule has 1 spiro atoms. The van der Waals surface area contributed by atoms with Crippen LogP contribution in [0, 0.1) is 0 Å². The smallest absolute Gasteiger partial charge is 0.245 e. The van der Waals surface area contributed by atoms with Gasteiger partial charge in [0.25, 0.3) is 0 Å². The van der Waals surface area contributed by atoms with E-state index in [0.29, 0.717) is 45.6 Å². The molecular weight excluding hydrogens is 400 g/mol. The summed E-state index contributed by atoms with van der Waals surface area (Å²) in [6.07, 6.45) is 4.27. The van der Waals surface area contributed by atoms with E-state index in [0.717, 1.165) is 18.4 Å². The lowest BCUT2D eigenvalue weighted by Gasteiger charge is -2.46. The van der Waals surface area contributed by atoms with Crippen molar-refractivity contribution in [1.82, 2.24) is 9.80 Å². The van der Waals surface area contributed by atoms with E-state index in [1.165, 1.54) is 17.2 Å². The third-order valence-corrected chi connectivity index (χ3v) is 7.71. The predicted molar refractivity (Wildman–Crippen MR) is 123 cm³/mol. The quantitative estimate of drug-likeness (QED) is 0.697. The van der Waals surface area contributed by atoms with Crippen molar-refractivity contribution in [3.05, 3.63) is 83.9 Å². The Kier molecular flexibility index (Phi) is 5.38. The van der Waals surface area contributed by atoms with Crippen molar-refractivity contribution >= 4 is 11.8 Å². The lowest BCUT2D eigenvalue weighted by atomic mass is 9.71. The fraction of sp³-hybridized carbons (Fsp3) is 0.407. The zero-order chi connectivity index (χ0) is 22.2. The van der Waals surface area contributed by atoms with Gasteiger partial charge in [-0.1, -0.05) is 61.2 Å². The van der Waals surface area contributed by atoms with Gasteiger partial charge in [-0.15, -0.1) is 0 Å². The molecule has 5 heteroatoms. The highest BCUT2D eigenvalue weighted by Crippen LogP contribution is 2.45. The average Bonchev–Trinajstić information content (AvgIpc) is 3.22. The Balaban J connectivity index is 1.37. The van der Waals surface area contributed by atoms with E-state index in [4.69, 9.17) is 4.74 Å². The van der Waals surface area contributed by atoms with Gasteiger partial charge in [-0.3, -0.25) is 9.59 Å². The molecule has 166 valence electrons. The van der Waals surface area contributed by atoms with Gasteiger partial charge in [-0.25, -0.2) is 0 Å². The van der Waals surface area contributed by atoms with Crippen molar-refractivity contribution in [2.45, 2.75) is 43.3 Å². The van der Waals surface area contributed by atoms with E-state index in [2.05, 4.69) is 43.0 Å². The topological polar surface area (TPSA) is 49.9 Å². The minimum atomic E-state index is -0.585. The number of carbonyl (C=O) groups excluding carboxylic acids is 2. The Morgan fingerprint density at radius 3 is 2.16 bits per heavy atom. The van der Waals surface area contributed by atoms with Crippen LogP contribution in [0.25, 0.3) is 0 Å². The van der Waals surface area contributed by atoms with Crippen LogP contribution in [-0.4, -0.2) is 47.8 Å². The van der Waals surface area contributed by atoms with Crippen LogP contribution in [0.1, 0.15) is 42.4 Å². The number of hydrogen-bond donors (Lipinski definition) is 0. The van der Waals surface area contributed by atoms with Crippen molar-refractivity contribution in [3.63, 3.8) is 0 Å². The fourth-order valence-corrected chi connectivity index (χ4v) is 5.79. The summed E-state index contributed by atoms with van der Waals surface area (Å²) in [7, 11) is 0. The first-order chi connectivity index (χ1) is 15.6. The van der Waals surface area contributed by atoms with Gasteiger partial charge >= 0.3 is 0 Å². The van der Waals surface area contributed by atoms with Crippen molar-refractivity contribution < 1.29 is 14.3 Å². The maximum Gasteiger partial charge on any atom is 0.245 e. The number of piperidine rings is 2. The monoisotopic (exact) mass is 430 g/mol. The van der Waals surface area contributed by atoms with Crippen molar-refractivity contribution in [3.8, 4) is 0 Å². The van der Waals surface area contributed by atoms with E-state index in [1.54, 1.807) is 4.90 Å². The van der Waals surface area contributed by atoms with Crippen molar-refractivity contribution in [2.75, 3.05) is 26.2 Å². The lowest BCUT2D eigenvalue weighted by molar-refractivity contribution is -0.148. The fourth-order valence-electron chi connectivity index (χ4n) is 5.79. The van der Waals surface area contributed by atoms with Gasteiger partial charge in [-0.2, -0.15) is 0 Å². The molecule has 5 nitrogen and oxygen atoms in total. The molecule has 2 aromatic rings. The Morgan fingerprint density at radius 2 is 1.47 bits per heavy atom. The van der Waals surface area contributed by atoms with Gasteiger partial charge in [0, 0.05) is 26.2 Å². The molecule has 0 bridgehead atoms. The van der Waals surface area contributed by atoms with Gasteiger partial charge in [0.05, 0.1) is 17.6 Å². The highest BCUT2D eigenvalue weighted by molar-refractivity contribution is 5.90. The van der Waals surface area contributed by atoms with Crippen LogP contribution in [0.5, 0.6) is 0 Å². The largest absolute Gasteiger partial charge is 0.365 e. The molecule has 0 atom stereocenters. The second kappa shape index (κ2) is 8.21. The first-order valence-corrected chi connectivity index (χ1v) is 11.6. The molecule has 2 amide bonds. The van der Waals surface area contributed by atoms with Gasteiger partial charge < -0.3 is 14.5 Å². The molecule has 0 unspecified atom stereocenters. The minimum Gasteiger partial charge on any atom is -0.365 e. The zero-order valence-corrected chi connectivity index (χ0v) is 18.5. The van der Waals surface area contributed by atoms with Crippen LogP contribution in [0.4, 0.5) is 0 Å². The molecule has 3 aliphatic heterocycles. The number of rotatable bonds is 3. The van der Waals surface area contributed by atoms with E-state index in [-0.39, 0.29) is 17.4 Å². The predicted octanol–water partition coefficient (Wildman–Crippen LogP) is 3.78. The maximum absolute atomic E-state index is 14.0. The summed E-state index contributed by atoms with van der Waals surface area (Å²) in [5.41, 5.74) is 2.78. The van der Waals surface area contributed by atoms with E-state index < -0.39 is 5.41 Å². The van der Waals surface area contributed by atoms with E-state index >= 15 is 0 Å². The first-order valence-electron chi connectivity index (χ1n) is 11.6. The van der Waals surface area contributed by atoms with Crippen LogP contribution in [0.2, 0.25) is 0 Å². The van der Waals surface area contributed by atoms with Crippen LogP contribution in [-0.2, 0) is 31.9 Å². The van der Waals surface area contributed by atoms with Gasteiger partial charge in [0.15, 0.2) is 0 Å². The molecule has 2 saturated heterocycles. The van der Waals surface area contributed by atoms with Crippen LogP contribution >= 0.6 is 0 Å². The molecule has 0 radical (unpaired) electrons. The normalized spacial score (nSPS) is 21.2. The van der Waals surface area contributed by atoms with Gasteiger partial charge in [0.1, 0.15) is 0 Å². The molecule has 0 aromatic heterocycles. The van der Waals surface area contributed by atoms with E-state index in [9.17, 15) is 9.59 Å². The third-order valence-electron chi connectivity index (χ3n) is 7.71. The standard InChI is InChI=1S/C27H30N2O3/c1-2-24(30)28-16-12-26(13-17-28,22-9-4-3-5-10-22)25(31)29-18-14-27(15-19-29)23-11-7-6-8-21(23)20-32-27/h2-11H,1,12-20H2. The summed E-state index contributed by atoms with van der Waals surface area (Å²) in [5.74, 6) is 0.131. The first kappa shape index (κ1) is 21.0. The number of carbonyl (C=O) groups is 2. The van der Waals surface area contributed by atoms with E-state index in [1.807, 2.05) is 23.1 Å². The Hall–Kier alpha value is -2.92. The number of likely N-dealkylation sites (tertiary alicyclic amines) is 2. The second-order valence-corrected chi connectivity index (χ2v) is 9.21. The molecule has 0 saturated carbocycles. The van der Waals surface area contributed by atoms with Crippen LogP contribution in [0.3, 0.4) is 0 Å². The average molecular weight is 431 g/mol. The lowest BCUT2D eigenvalue weighted by Crippen LogP contribution is -2.56. The third kappa shape index (κ3) is 3.36. The second-order valence-electron chi connectivity index (χ2n) is 9.21. The highest BCUT2D eigenvalue weighted by atomic mass is 16.5. The number of hydrogen-bond acceptors (Lipinski definition) is 3. The van der Waals surface area contributed by atoms with Gasteiger partial charge in [-0.05, 0) is 48.4 Å². The summed E-state index contributed by atoms with van der Waals surface area (Å²) in [6.45, 7) is 6.79. The summed E-state index contributed by atoms with van der Waals surface area (Å²) in [4.78, 5) is 30.0. The zero-order valence-electron chi connectivity index (χ0n) is 18.5. The van der Waals surface area contributed by atoms with Crippen LogP contribution in [0.15, 0.2) is 67.3 Å². The SMILES string of the molecule is C=CC(=O)N1CCC(C(=O)N2CCC3(CC2)OCc2ccccc23)(c2ccccc2)CC1. The molecule has 2 fully saturated rings. The highest BCUT2D eigenvalue weighted by Gasteiger charge is 2.49. The summed E-state index contributed by atoms with van der Waals surface area (Å²) in [5, 5.41) is 0. The Labute approximate surface area is 189 Å². The van der Waals surface area contributed by atoms with Crippen molar-refractivity contribution in [2.24, 2.45) is 0 Å². The number of nitrogens with zero attached hydrogens (tertiary/aromatic N) is 2. The molecule has 32 heavy (non-hydrogen) atoms. The molecule has 0 aliphatic carbocycles. The number of ether oxygens (including phenoxy) is 1. The Bertz CT molecular complexity index is 1020. The van der Waals surface area contributed by atoms with Gasteiger partial charge in [0.2, 0.25) is 11.8 Å².